The molecule has 0 nitrogen and oxygen atoms in total. The van der Waals surface area contributed by atoms with Gasteiger partial charge < -0.3 is 0 Å². The van der Waals surface area contributed by atoms with Gasteiger partial charge in [0.15, 0.2) is 0 Å². The van der Waals surface area contributed by atoms with Crippen LogP contribution in [-0.4, -0.2) is 0 Å². The summed E-state index contributed by atoms with van der Waals surface area (Å²) < 4.78 is 1.97. The molecule has 0 radical (unpaired) electrons. The van der Waals surface area contributed by atoms with Gasteiger partial charge in [-0.3, -0.25) is 0 Å². The predicted molar refractivity (Wildman–Crippen MR) is 47.1 cm³/mol. The van der Waals surface area contributed by atoms with Crippen LogP contribution in [0.5, 0.6) is 0 Å². The second kappa shape index (κ2) is 6.95. The van der Waals surface area contributed by atoms with Gasteiger partial charge in [-0.05, 0) is 11.0 Å². The van der Waals surface area contributed by atoms with Crippen molar-refractivity contribution in [3.8, 4) is 0 Å². The van der Waals surface area contributed by atoms with E-state index in [-0.39, 0.29) is 0 Å². The van der Waals surface area contributed by atoms with Gasteiger partial charge in [0.1, 0.15) is 0 Å². The molecule has 0 saturated carbocycles. The number of allylic oxidation sites excluding steroid dienone is 5. The molecule has 0 unspecified atom stereocenters. The molecule has 0 N–H and O–H groups in total. The van der Waals surface area contributed by atoms with Gasteiger partial charge in [0.2, 0.25) is 0 Å². The van der Waals surface area contributed by atoms with Crippen LogP contribution in [0.4, 0.5) is 0 Å². The zero-order valence-corrected chi connectivity index (χ0v) is 7.00. The summed E-state index contributed by atoms with van der Waals surface area (Å²) in [5.41, 5.74) is 0. The maximum Gasteiger partial charge on any atom is -0.0234 e. The third-order valence-corrected chi connectivity index (χ3v) is 1.01. The Hall–Kier alpha value is -0.0500. The van der Waals surface area contributed by atoms with Crippen LogP contribution in [0.25, 0.3) is 0 Å². The van der Waals surface area contributed by atoms with Crippen molar-refractivity contribution in [2.45, 2.75) is 6.92 Å². The van der Waals surface area contributed by atoms with Crippen LogP contribution < -0.4 is 0 Å². The van der Waals surface area contributed by atoms with Gasteiger partial charge in [-0.1, -0.05) is 53.0 Å². The maximum absolute atomic E-state index is 2.18. The van der Waals surface area contributed by atoms with Crippen molar-refractivity contribution in [2.24, 2.45) is 0 Å². The van der Waals surface area contributed by atoms with Crippen LogP contribution in [0.2, 0.25) is 0 Å². The molecule has 44 valence electrons. The quantitative estimate of drug-likeness (QED) is 0.495. The molecule has 0 fully saturated rings. The lowest BCUT2D eigenvalue weighted by Gasteiger charge is -1.67. The Labute approximate surface area is 64.1 Å². The molecule has 0 aliphatic carbocycles. The van der Waals surface area contributed by atoms with E-state index in [0.717, 1.165) is 0 Å². The van der Waals surface area contributed by atoms with Crippen LogP contribution >= 0.6 is 22.6 Å². The normalized spacial score (nSPS) is 12.8. The summed E-state index contributed by atoms with van der Waals surface area (Å²) in [6.45, 7) is 2.00. The van der Waals surface area contributed by atoms with Gasteiger partial charge in [0, 0.05) is 0 Å². The molecule has 0 amide bonds. The van der Waals surface area contributed by atoms with Gasteiger partial charge >= 0.3 is 0 Å². The van der Waals surface area contributed by atoms with Crippen LogP contribution in [0, 0.1) is 0 Å². The summed E-state index contributed by atoms with van der Waals surface area (Å²) >= 11 is 2.18. The topological polar surface area (TPSA) is 0 Å². The highest BCUT2D eigenvalue weighted by Gasteiger charge is 1.56. The first-order chi connectivity index (χ1) is 3.91. The van der Waals surface area contributed by atoms with Crippen LogP contribution in [0.15, 0.2) is 34.5 Å². The summed E-state index contributed by atoms with van der Waals surface area (Å²) in [5, 5.41) is 0. The minimum atomic E-state index is 1.97. The van der Waals surface area contributed by atoms with Crippen molar-refractivity contribution in [3.05, 3.63) is 34.5 Å². The van der Waals surface area contributed by atoms with E-state index in [2.05, 4.69) is 22.6 Å². The van der Waals surface area contributed by atoms with Gasteiger partial charge in [-0.25, -0.2) is 0 Å². The second-order valence-corrected chi connectivity index (χ2v) is 1.95. The summed E-state index contributed by atoms with van der Waals surface area (Å²) in [5.74, 6) is 0. The second-order valence-electron chi connectivity index (χ2n) is 1.23. The predicted octanol–water partition coefficient (Wildman–Crippen LogP) is 3.07. The number of hydrogen-bond donors (Lipinski definition) is 0. The Morgan fingerprint density at radius 3 is 2.12 bits per heavy atom. The van der Waals surface area contributed by atoms with E-state index in [1.807, 2.05) is 41.4 Å². The van der Waals surface area contributed by atoms with Gasteiger partial charge in [-0.2, -0.15) is 0 Å². The summed E-state index contributed by atoms with van der Waals surface area (Å²) in [6, 6.07) is 0. The highest BCUT2D eigenvalue weighted by Crippen LogP contribution is 1.84. The third kappa shape index (κ3) is 5.95. The lowest BCUT2D eigenvalue weighted by molar-refractivity contribution is 1.73. The smallest absolute Gasteiger partial charge is 0.0234 e. The van der Waals surface area contributed by atoms with E-state index in [4.69, 9.17) is 0 Å². The first-order valence-electron chi connectivity index (χ1n) is 2.46. The SMILES string of the molecule is C/C=C/C=C/C=C/I. The highest BCUT2D eigenvalue weighted by molar-refractivity contribution is 14.1. The molecular formula is C7H9I. The lowest BCUT2D eigenvalue weighted by atomic mass is 10.4. The van der Waals surface area contributed by atoms with Crippen molar-refractivity contribution >= 4 is 22.6 Å². The molecule has 0 atom stereocenters. The van der Waals surface area contributed by atoms with Crippen LogP contribution in [0.1, 0.15) is 6.92 Å². The largest absolute Gasteiger partial charge is 0.0877 e. The highest BCUT2D eigenvalue weighted by atomic mass is 127. The molecule has 0 rings (SSSR count). The zero-order chi connectivity index (χ0) is 6.24. The van der Waals surface area contributed by atoms with Gasteiger partial charge in [-0.15, -0.1) is 0 Å². The Morgan fingerprint density at radius 1 is 1.00 bits per heavy atom. The Balaban J connectivity index is 3.35. The van der Waals surface area contributed by atoms with E-state index < -0.39 is 0 Å². The average Bonchev–Trinajstić information content (AvgIpc) is 1.81. The summed E-state index contributed by atoms with van der Waals surface area (Å²) in [6.07, 6.45) is 9.97. The molecule has 8 heavy (non-hydrogen) atoms. The molecule has 0 aromatic rings. The molecular weight excluding hydrogens is 211 g/mol. The molecule has 0 aromatic heterocycles. The fourth-order valence-corrected chi connectivity index (χ4v) is 0.521. The van der Waals surface area contributed by atoms with E-state index in [1.54, 1.807) is 0 Å². The van der Waals surface area contributed by atoms with Crippen molar-refractivity contribution in [1.82, 2.24) is 0 Å². The Morgan fingerprint density at radius 2 is 1.62 bits per heavy atom. The number of halogens is 1. The average molecular weight is 220 g/mol. The van der Waals surface area contributed by atoms with Crippen molar-refractivity contribution in [1.29, 1.82) is 0 Å². The number of rotatable bonds is 2. The molecule has 0 heterocycles. The molecule has 0 spiro atoms. The minimum absolute atomic E-state index is 1.97. The monoisotopic (exact) mass is 220 g/mol. The van der Waals surface area contributed by atoms with E-state index in [1.165, 1.54) is 0 Å². The molecule has 0 aliphatic heterocycles. The van der Waals surface area contributed by atoms with E-state index in [9.17, 15) is 0 Å². The number of hydrogen-bond acceptors (Lipinski definition) is 0. The Bertz CT molecular complexity index is 95.6. The zero-order valence-electron chi connectivity index (χ0n) is 4.84. The fraction of sp³-hybridized carbons (Fsp3) is 0.143. The van der Waals surface area contributed by atoms with Crippen LogP contribution in [0.3, 0.4) is 0 Å². The van der Waals surface area contributed by atoms with Crippen molar-refractivity contribution < 1.29 is 0 Å². The standard InChI is InChI=1S/C7H9I/c1-2-3-4-5-6-7-8/h2-7H,1H3/b3-2+,5-4+,7-6+. The lowest BCUT2D eigenvalue weighted by Crippen LogP contribution is -1.44. The van der Waals surface area contributed by atoms with Crippen molar-refractivity contribution in [2.75, 3.05) is 0 Å². The molecule has 0 bridgehead atoms. The third-order valence-electron chi connectivity index (χ3n) is 0.599. The van der Waals surface area contributed by atoms with Gasteiger partial charge in [0.25, 0.3) is 0 Å². The molecule has 0 saturated heterocycles. The summed E-state index contributed by atoms with van der Waals surface area (Å²) in [7, 11) is 0. The van der Waals surface area contributed by atoms with Crippen molar-refractivity contribution in [3.63, 3.8) is 0 Å². The summed E-state index contributed by atoms with van der Waals surface area (Å²) in [4.78, 5) is 0. The molecule has 0 aromatic carbocycles. The Kier molecular flexibility index (Phi) is 6.91. The van der Waals surface area contributed by atoms with Gasteiger partial charge in [0.05, 0.1) is 0 Å². The van der Waals surface area contributed by atoms with E-state index in [0.29, 0.717) is 0 Å². The fourth-order valence-electron chi connectivity index (χ4n) is 0.281. The van der Waals surface area contributed by atoms with Crippen LogP contribution in [-0.2, 0) is 0 Å². The maximum atomic E-state index is 2.18. The molecule has 1 heteroatoms. The minimum Gasteiger partial charge on any atom is -0.0877 e. The first kappa shape index (κ1) is 7.95. The first-order valence-corrected chi connectivity index (χ1v) is 3.71. The van der Waals surface area contributed by atoms with E-state index >= 15 is 0 Å². The molecule has 0 aliphatic rings.